The second-order valence-electron chi connectivity index (χ2n) is 7.32. The molecule has 0 aromatic carbocycles. The Balaban J connectivity index is 1.57. The Labute approximate surface area is 200 Å². The van der Waals surface area contributed by atoms with Gasteiger partial charge in [-0.1, -0.05) is 0 Å². The molecular formula is C21H21N3O6S3. The fraction of sp³-hybridized carbons (Fsp3) is 0.333. The molecule has 0 aliphatic heterocycles. The third-order valence-electron chi connectivity index (χ3n) is 5.11. The average Bonchev–Trinajstić information content (AvgIpc) is 3.30. The predicted octanol–water partition coefficient (Wildman–Crippen LogP) is 3.24. The minimum atomic E-state index is -0.777. The topological polar surface area (TPSA) is 152 Å². The van der Waals surface area contributed by atoms with Gasteiger partial charge in [0, 0.05) is 10.9 Å². The number of aromatic hydroxyl groups is 1. The number of H-pyrrole nitrogens is 1. The summed E-state index contributed by atoms with van der Waals surface area (Å²) in [7, 11) is 0. The summed E-state index contributed by atoms with van der Waals surface area (Å²) in [5.74, 6) is -1.92. The molecule has 12 heteroatoms. The van der Waals surface area contributed by atoms with Crippen molar-refractivity contribution in [3.63, 3.8) is 0 Å². The van der Waals surface area contributed by atoms with Gasteiger partial charge in [-0.05, 0) is 38.2 Å². The van der Waals surface area contributed by atoms with Gasteiger partial charge < -0.3 is 25.9 Å². The number of nitrogens with one attached hydrogen (secondary N) is 2. The smallest absolute Gasteiger partial charge is 0.341 e. The van der Waals surface area contributed by atoms with Crippen LogP contribution in [0.2, 0.25) is 0 Å². The number of aromatic nitrogens is 1. The van der Waals surface area contributed by atoms with Crippen molar-refractivity contribution in [2.24, 2.45) is 5.73 Å². The lowest BCUT2D eigenvalue weighted by Crippen LogP contribution is -2.17. The van der Waals surface area contributed by atoms with Gasteiger partial charge in [0.25, 0.3) is 11.5 Å². The van der Waals surface area contributed by atoms with Crippen LogP contribution in [-0.4, -0.2) is 40.2 Å². The summed E-state index contributed by atoms with van der Waals surface area (Å²) in [6, 6.07) is 1.01. The molecule has 0 bridgehead atoms. The Morgan fingerprint density at radius 1 is 1.24 bits per heavy atom. The molecule has 174 valence electrons. The van der Waals surface area contributed by atoms with E-state index in [1.165, 1.54) is 11.3 Å². The number of esters is 1. The summed E-state index contributed by atoms with van der Waals surface area (Å²) in [6.07, 6.45) is 3.66. The van der Waals surface area contributed by atoms with Crippen LogP contribution in [0.3, 0.4) is 0 Å². The number of aryl methyl sites for hydroxylation is 1. The maximum Gasteiger partial charge on any atom is 0.341 e. The highest BCUT2D eigenvalue weighted by Crippen LogP contribution is 2.41. The van der Waals surface area contributed by atoms with Crippen LogP contribution in [0.25, 0.3) is 10.2 Å². The van der Waals surface area contributed by atoms with E-state index in [0.717, 1.165) is 65.3 Å². The molecule has 1 aliphatic rings. The number of carbonyl (C=O) groups is 3. The van der Waals surface area contributed by atoms with Crippen molar-refractivity contribution in [1.29, 1.82) is 0 Å². The Morgan fingerprint density at radius 3 is 2.73 bits per heavy atom. The summed E-state index contributed by atoms with van der Waals surface area (Å²) < 4.78 is 5.92. The molecule has 0 fully saturated rings. The van der Waals surface area contributed by atoms with Crippen molar-refractivity contribution in [3.8, 4) is 5.75 Å². The molecule has 33 heavy (non-hydrogen) atoms. The van der Waals surface area contributed by atoms with Crippen molar-refractivity contribution < 1.29 is 24.2 Å². The number of nitrogens with two attached hydrogens (primary N) is 1. The molecule has 3 aromatic rings. The summed E-state index contributed by atoms with van der Waals surface area (Å²) in [5.41, 5.74) is 6.51. The van der Waals surface area contributed by atoms with Gasteiger partial charge in [0.1, 0.15) is 10.8 Å². The molecule has 3 aromatic heterocycles. The molecule has 0 radical (unpaired) electrons. The largest absolute Gasteiger partial charge is 0.506 e. The first-order valence-electron chi connectivity index (χ1n) is 10.2. The number of amides is 2. The van der Waals surface area contributed by atoms with Gasteiger partial charge in [0.15, 0.2) is 0 Å². The van der Waals surface area contributed by atoms with Gasteiger partial charge in [-0.15, -0.1) is 34.4 Å². The van der Waals surface area contributed by atoms with Gasteiger partial charge in [-0.3, -0.25) is 14.4 Å². The van der Waals surface area contributed by atoms with E-state index in [2.05, 4.69) is 10.3 Å². The van der Waals surface area contributed by atoms with Crippen LogP contribution in [0, 0.1) is 0 Å². The highest BCUT2D eigenvalue weighted by Gasteiger charge is 2.27. The molecule has 0 spiro atoms. The summed E-state index contributed by atoms with van der Waals surface area (Å²) in [6.45, 7) is 1.97. The summed E-state index contributed by atoms with van der Waals surface area (Å²) in [5, 5.41) is 13.3. The molecule has 1 aliphatic carbocycles. The maximum absolute atomic E-state index is 12.8. The number of thioether (sulfide) groups is 1. The number of rotatable bonds is 7. The maximum atomic E-state index is 12.8. The fourth-order valence-electron chi connectivity index (χ4n) is 3.75. The van der Waals surface area contributed by atoms with E-state index in [9.17, 15) is 24.3 Å². The quantitative estimate of drug-likeness (QED) is 0.283. The van der Waals surface area contributed by atoms with Crippen LogP contribution >= 0.6 is 34.4 Å². The number of hydrogen-bond acceptors (Lipinski definition) is 9. The SMILES string of the molecule is CCOC(=O)c1c(NC(=O)CSc2sc3c(O)cc(=O)[nH]c3c2C(N)=O)sc2c1CCCC2. The number of aromatic amines is 1. The number of hydrogen-bond donors (Lipinski definition) is 4. The summed E-state index contributed by atoms with van der Waals surface area (Å²) in [4.78, 5) is 52.6. The first-order chi connectivity index (χ1) is 15.8. The van der Waals surface area contributed by atoms with Gasteiger partial charge in [0.05, 0.1) is 37.9 Å². The van der Waals surface area contributed by atoms with E-state index in [4.69, 9.17) is 10.5 Å². The van der Waals surface area contributed by atoms with Crippen LogP contribution in [0.1, 0.15) is 50.9 Å². The van der Waals surface area contributed by atoms with Gasteiger partial charge in [-0.2, -0.15) is 0 Å². The van der Waals surface area contributed by atoms with E-state index < -0.39 is 17.4 Å². The third-order valence-corrected chi connectivity index (χ3v) is 8.80. The molecule has 0 saturated heterocycles. The molecule has 3 heterocycles. The Bertz CT molecular complexity index is 1320. The van der Waals surface area contributed by atoms with Crippen LogP contribution in [-0.2, 0) is 22.4 Å². The fourth-order valence-corrected chi connectivity index (χ4v) is 7.30. The first kappa shape index (κ1) is 23.3. The molecule has 5 N–H and O–H groups in total. The second kappa shape index (κ2) is 9.57. The highest BCUT2D eigenvalue weighted by atomic mass is 32.2. The lowest BCUT2D eigenvalue weighted by Gasteiger charge is -2.12. The zero-order chi connectivity index (χ0) is 23.7. The number of pyridine rings is 1. The third kappa shape index (κ3) is 4.63. The normalized spacial score (nSPS) is 13.0. The van der Waals surface area contributed by atoms with Crippen molar-refractivity contribution in [1.82, 2.24) is 4.98 Å². The molecule has 4 rings (SSSR count). The van der Waals surface area contributed by atoms with Crippen LogP contribution < -0.4 is 16.6 Å². The second-order valence-corrected chi connectivity index (χ2v) is 10.7. The number of primary amides is 1. The number of fused-ring (bicyclic) bond motifs is 2. The van der Waals surface area contributed by atoms with Crippen molar-refractivity contribution in [3.05, 3.63) is 38.0 Å². The van der Waals surface area contributed by atoms with E-state index in [0.29, 0.717) is 19.5 Å². The average molecular weight is 508 g/mol. The molecule has 0 atom stereocenters. The number of anilines is 1. The number of thiophene rings is 2. The Kier molecular flexibility index (Phi) is 6.77. The standard InChI is InChI=1S/C21H21N3O6S3/c1-2-30-20(29)14-9-5-3-4-6-11(9)32-19(14)24-13(27)8-31-21-15(18(22)28)16-17(33-21)10(25)7-12(26)23-16/h7H,2-6,8H2,1H3,(H2,22,28)(H,24,27)(H2,23,25,26). The highest BCUT2D eigenvalue weighted by molar-refractivity contribution is 8.02. The molecular weight excluding hydrogens is 486 g/mol. The monoisotopic (exact) mass is 507 g/mol. The predicted molar refractivity (Wildman–Crippen MR) is 129 cm³/mol. The molecule has 2 amide bonds. The van der Waals surface area contributed by atoms with Crippen LogP contribution in [0.5, 0.6) is 5.75 Å². The van der Waals surface area contributed by atoms with Crippen molar-refractivity contribution in [2.75, 3.05) is 17.7 Å². The number of ether oxygens (including phenoxy) is 1. The Hall–Kier alpha value is -2.83. The van der Waals surface area contributed by atoms with Gasteiger partial charge in [0.2, 0.25) is 5.91 Å². The molecule has 9 nitrogen and oxygen atoms in total. The zero-order valence-electron chi connectivity index (χ0n) is 17.6. The molecule has 0 unspecified atom stereocenters. The lowest BCUT2D eigenvalue weighted by atomic mass is 9.95. The zero-order valence-corrected chi connectivity index (χ0v) is 20.1. The van der Waals surface area contributed by atoms with Crippen LogP contribution in [0.15, 0.2) is 15.1 Å². The lowest BCUT2D eigenvalue weighted by molar-refractivity contribution is -0.113. The first-order valence-corrected chi connectivity index (χ1v) is 12.8. The van der Waals surface area contributed by atoms with Gasteiger partial charge >= 0.3 is 5.97 Å². The Morgan fingerprint density at radius 2 is 2.00 bits per heavy atom. The van der Waals surface area contributed by atoms with Crippen molar-refractivity contribution in [2.45, 2.75) is 36.8 Å². The minimum Gasteiger partial charge on any atom is -0.506 e. The van der Waals surface area contributed by atoms with Gasteiger partial charge in [-0.25, -0.2) is 4.79 Å². The van der Waals surface area contributed by atoms with E-state index >= 15 is 0 Å². The van der Waals surface area contributed by atoms with E-state index in [-0.39, 0.29) is 35.1 Å². The number of carbonyl (C=O) groups excluding carboxylic acids is 3. The van der Waals surface area contributed by atoms with Crippen molar-refractivity contribution >= 4 is 67.4 Å². The minimum absolute atomic E-state index is 0.0552. The summed E-state index contributed by atoms with van der Waals surface area (Å²) >= 11 is 3.52. The molecule has 0 saturated carbocycles. The van der Waals surface area contributed by atoms with Crippen LogP contribution in [0.4, 0.5) is 5.00 Å². The van der Waals surface area contributed by atoms with E-state index in [1.807, 2.05) is 0 Å². The van der Waals surface area contributed by atoms with E-state index in [1.54, 1.807) is 6.92 Å².